The molecule has 0 spiro atoms. The Morgan fingerprint density at radius 2 is 1.76 bits per heavy atom. The van der Waals surface area contributed by atoms with Crippen LogP contribution in [0.25, 0.3) is 0 Å². The van der Waals surface area contributed by atoms with Crippen LogP contribution in [0.5, 0.6) is 0 Å². The lowest BCUT2D eigenvalue weighted by Gasteiger charge is -2.15. The minimum absolute atomic E-state index is 0. The van der Waals surface area contributed by atoms with Crippen molar-refractivity contribution in [1.29, 1.82) is 0 Å². The molecule has 0 aliphatic carbocycles. The molecule has 1 unspecified atom stereocenters. The summed E-state index contributed by atoms with van der Waals surface area (Å²) in [7, 11) is 3.83. The first-order chi connectivity index (χ1) is 7.22. The molecule has 0 aromatic carbocycles. The van der Waals surface area contributed by atoms with Crippen molar-refractivity contribution in [2.24, 2.45) is 5.73 Å². The van der Waals surface area contributed by atoms with E-state index < -0.39 is 11.9 Å². The van der Waals surface area contributed by atoms with Crippen molar-refractivity contribution in [3.63, 3.8) is 0 Å². The number of carboxylic acids is 1. The zero-order valence-electron chi connectivity index (χ0n) is 10.6. The summed E-state index contributed by atoms with van der Waals surface area (Å²) in [6.45, 7) is 6.64. The first-order valence-corrected chi connectivity index (χ1v) is 4.72. The van der Waals surface area contributed by atoms with Crippen molar-refractivity contribution in [3.05, 3.63) is 24.3 Å². The summed E-state index contributed by atoms with van der Waals surface area (Å²) in [4.78, 5) is 21.8. The molecular formula is C11H21ClN2O3. The minimum atomic E-state index is -0.848. The number of carbonyl (C=O) groups excluding carboxylic acids is 1. The number of primary amides is 1. The van der Waals surface area contributed by atoms with Gasteiger partial charge in [0.05, 0.1) is 0 Å². The summed E-state index contributed by atoms with van der Waals surface area (Å²) in [5.41, 5.74) is 4.93. The van der Waals surface area contributed by atoms with Gasteiger partial charge >= 0.3 is 5.97 Å². The van der Waals surface area contributed by atoms with Crippen molar-refractivity contribution in [1.82, 2.24) is 4.90 Å². The third-order valence-corrected chi connectivity index (χ3v) is 1.84. The highest BCUT2D eigenvalue weighted by Crippen LogP contribution is 1.99. The number of likely N-dealkylation sites (N-methyl/N-ethyl adjacent to an activating group) is 1. The second-order valence-electron chi connectivity index (χ2n) is 3.47. The van der Waals surface area contributed by atoms with E-state index in [1.54, 1.807) is 13.0 Å². The Morgan fingerprint density at radius 1 is 1.41 bits per heavy atom. The minimum Gasteiger partial charge on any atom is -0.478 e. The number of carbonyl (C=O) groups is 2. The molecule has 0 radical (unpaired) electrons. The molecule has 3 N–H and O–H groups in total. The van der Waals surface area contributed by atoms with E-state index in [0.29, 0.717) is 5.57 Å². The van der Waals surface area contributed by atoms with Gasteiger partial charge in [-0.15, -0.1) is 12.4 Å². The number of carboxylic acid groups (broad SMARTS) is 1. The molecule has 0 heterocycles. The van der Waals surface area contributed by atoms with E-state index in [4.69, 9.17) is 5.11 Å². The molecule has 5 nitrogen and oxygen atoms in total. The highest BCUT2D eigenvalue weighted by Gasteiger charge is 2.04. The van der Waals surface area contributed by atoms with Crippen LogP contribution >= 0.6 is 12.4 Å². The van der Waals surface area contributed by atoms with Crippen LogP contribution in [-0.2, 0) is 9.59 Å². The van der Waals surface area contributed by atoms with E-state index >= 15 is 0 Å². The molecule has 6 heteroatoms. The maximum atomic E-state index is 10.4. The topological polar surface area (TPSA) is 83.6 Å². The normalized spacial score (nSPS) is 11.7. The van der Waals surface area contributed by atoms with E-state index in [2.05, 4.69) is 12.3 Å². The second-order valence-corrected chi connectivity index (χ2v) is 3.47. The Hall–Kier alpha value is -1.33. The molecule has 0 aromatic heterocycles. The molecule has 0 saturated carbocycles. The van der Waals surface area contributed by atoms with Crippen LogP contribution in [0.15, 0.2) is 24.3 Å². The predicted octanol–water partition coefficient (Wildman–Crippen LogP) is 1.05. The van der Waals surface area contributed by atoms with Gasteiger partial charge in [0.15, 0.2) is 0 Å². The van der Waals surface area contributed by atoms with Crippen molar-refractivity contribution in [3.8, 4) is 0 Å². The highest BCUT2D eigenvalue weighted by atomic mass is 35.5. The van der Waals surface area contributed by atoms with Gasteiger partial charge in [-0.05, 0) is 34.0 Å². The summed E-state index contributed by atoms with van der Waals surface area (Å²) in [6, 6.07) is 0.172. The van der Waals surface area contributed by atoms with Crippen LogP contribution in [-0.4, -0.2) is 42.0 Å². The maximum absolute atomic E-state index is 10.4. The number of rotatable bonds is 4. The van der Waals surface area contributed by atoms with Gasteiger partial charge < -0.3 is 15.7 Å². The molecule has 100 valence electrons. The second kappa shape index (κ2) is 11.2. The molecule has 0 aliphatic heterocycles. The summed E-state index contributed by atoms with van der Waals surface area (Å²) < 4.78 is 0. The standard InChI is InChI=1S/C8H15NO2.C3H5NO.ClH/c1-6(8(10)11)5-7(2)9(3)4;1-2-3(4)5;/h5,7H,1-4H3,(H,10,11);2H,1H2,(H2,4,5);1H. The maximum Gasteiger partial charge on any atom is 0.331 e. The number of hydrogen-bond acceptors (Lipinski definition) is 3. The lowest BCUT2D eigenvalue weighted by atomic mass is 10.2. The molecule has 1 atom stereocenters. The van der Waals surface area contributed by atoms with Gasteiger partial charge in [0, 0.05) is 11.6 Å². The van der Waals surface area contributed by atoms with Crippen LogP contribution in [0, 0.1) is 0 Å². The fourth-order valence-corrected chi connectivity index (χ4v) is 0.582. The number of hydrogen-bond donors (Lipinski definition) is 2. The molecule has 17 heavy (non-hydrogen) atoms. The zero-order chi connectivity index (χ0) is 13.3. The first-order valence-electron chi connectivity index (χ1n) is 4.72. The van der Waals surface area contributed by atoms with Crippen molar-refractivity contribution >= 4 is 24.3 Å². The van der Waals surface area contributed by atoms with Gasteiger partial charge in [0.2, 0.25) is 5.91 Å². The number of aliphatic carboxylic acids is 1. The number of nitrogens with zero attached hydrogens (tertiary/aromatic N) is 1. The van der Waals surface area contributed by atoms with Crippen LogP contribution < -0.4 is 5.73 Å². The smallest absolute Gasteiger partial charge is 0.331 e. The van der Waals surface area contributed by atoms with Gasteiger partial charge in [-0.2, -0.15) is 0 Å². The number of halogens is 1. The molecular weight excluding hydrogens is 244 g/mol. The van der Waals surface area contributed by atoms with E-state index in [1.807, 2.05) is 25.9 Å². The molecule has 0 rings (SSSR count). The van der Waals surface area contributed by atoms with Crippen molar-refractivity contribution < 1.29 is 14.7 Å². The van der Waals surface area contributed by atoms with Gasteiger partial charge in [0.1, 0.15) is 0 Å². The van der Waals surface area contributed by atoms with Crippen LogP contribution in [0.2, 0.25) is 0 Å². The van der Waals surface area contributed by atoms with Crippen LogP contribution in [0.1, 0.15) is 13.8 Å². The van der Waals surface area contributed by atoms with Gasteiger partial charge in [-0.3, -0.25) is 4.79 Å². The summed E-state index contributed by atoms with van der Waals surface area (Å²) in [6.07, 6.45) is 2.78. The highest BCUT2D eigenvalue weighted by molar-refractivity contribution is 5.86. The quantitative estimate of drug-likeness (QED) is 0.744. The van der Waals surface area contributed by atoms with Crippen LogP contribution in [0.3, 0.4) is 0 Å². The first kappa shape index (κ1) is 21.0. The molecule has 0 fully saturated rings. The zero-order valence-corrected chi connectivity index (χ0v) is 11.5. The third kappa shape index (κ3) is 14.7. The van der Waals surface area contributed by atoms with E-state index in [-0.39, 0.29) is 18.4 Å². The SMILES string of the molecule is C=CC(N)=O.CC(=CC(C)N(C)C)C(=O)O.Cl. The van der Waals surface area contributed by atoms with Crippen LogP contribution in [0.4, 0.5) is 0 Å². The predicted molar refractivity (Wildman–Crippen MR) is 71.2 cm³/mol. The van der Waals surface area contributed by atoms with Crippen molar-refractivity contribution in [2.75, 3.05) is 14.1 Å². The molecule has 0 aromatic rings. The Morgan fingerprint density at radius 3 is 1.94 bits per heavy atom. The lowest BCUT2D eigenvalue weighted by molar-refractivity contribution is -0.132. The fourth-order valence-electron chi connectivity index (χ4n) is 0.582. The average molecular weight is 265 g/mol. The summed E-state index contributed by atoms with van der Waals surface area (Å²) in [5, 5.41) is 8.53. The Labute approximate surface area is 108 Å². The van der Waals surface area contributed by atoms with Gasteiger partial charge in [-0.25, -0.2) is 4.79 Å². The molecule has 0 aliphatic rings. The Balaban J connectivity index is -0.000000280. The summed E-state index contributed by atoms with van der Waals surface area (Å²) >= 11 is 0. The third-order valence-electron chi connectivity index (χ3n) is 1.84. The number of nitrogens with two attached hydrogens (primary N) is 1. The van der Waals surface area contributed by atoms with Gasteiger partial charge in [0.25, 0.3) is 0 Å². The Bertz CT molecular complexity index is 288. The van der Waals surface area contributed by atoms with E-state index in [1.165, 1.54) is 0 Å². The monoisotopic (exact) mass is 264 g/mol. The summed E-state index contributed by atoms with van der Waals surface area (Å²) in [5.74, 6) is -1.33. The molecule has 0 saturated heterocycles. The van der Waals surface area contributed by atoms with Crippen molar-refractivity contribution in [2.45, 2.75) is 19.9 Å². The lowest BCUT2D eigenvalue weighted by Crippen LogP contribution is -2.23. The van der Waals surface area contributed by atoms with Gasteiger partial charge in [-0.1, -0.05) is 12.7 Å². The fraction of sp³-hybridized carbons (Fsp3) is 0.455. The molecule has 0 bridgehead atoms. The Kier molecular flexibility index (Phi) is 13.8. The van der Waals surface area contributed by atoms with E-state index in [0.717, 1.165) is 6.08 Å². The molecule has 1 amide bonds. The number of amides is 1. The average Bonchev–Trinajstić information content (AvgIpc) is 2.18. The largest absolute Gasteiger partial charge is 0.478 e. The van der Waals surface area contributed by atoms with E-state index in [9.17, 15) is 9.59 Å².